The molecule has 0 bridgehead atoms. The van der Waals surface area contributed by atoms with Gasteiger partial charge in [0.25, 0.3) is 5.91 Å². The second kappa shape index (κ2) is 11.4. The summed E-state index contributed by atoms with van der Waals surface area (Å²) in [5.74, 6) is 0.156. The topological polar surface area (TPSA) is 83.9 Å². The Morgan fingerprint density at radius 1 is 1.13 bits per heavy atom. The number of amides is 1. The van der Waals surface area contributed by atoms with Gasteiger partial charge in [-0.3, -0.25) is 9.78 Å². The van der Waals surface area contributed by atoms with Crippen LogP contribution in [0.2, 0.25) is 0 Å². The second-order valence-corrected chi connectivity index (χ2v) is 9.12. The number of rotatable bonds is 9. The van der Waals surface area contributed by atoms with E-state index in [9.17, 15) is 18.7 Å². The SMILES string of the molecule is C/C=C\C=C(\OC(F)F)C(=C(C)C)C1(O)CN(C(=O)c2ccc(NOc3cccc4cccnc34)cc2)C1. The molecule has 38 heavy (non-hydrogen) atoms. The summed E-state index contributed by atoms with van der Waals surface area (Å²) in [4.78, 5) is 24.6. The van der Waals surface area contributed by atoms with Gasteiger partial charge in [0, 0.05) is 22.7 Å². The number of halogens is 2. The first kappa shape index (κ1) is 26.8. The number of alkyl halides is 2. The lowest BCUT2D eigenvalue weighted by atomic mass is 9.81. The van der Waals surface area contributed by atoms with E-state index >= 15 is 0 Å². The van der Waals surface area contributed by atoms with Crippen LogP contribution in [-0.4, -0.2) is 46.2 Å². The number of para-hydroxylation sites is 1. The smallest absolute Gasteiger partial charge is 0.387 e. The number of pyridine rings is 1. The lowest BCUT2D eigenvalue weighted by molar-refractivity contribution is -0.105. The number of β-amino-alcohol motifs (C(OH)–C–C–N with tert-alkyl or cyclic N) is 1. The number of fused-ring (bicyclic) bond motifs is 1. The van der Waals surface area contributed by atoms with Crippen LogP contribution in [0.15, 0.2) is 95.9 Å². The number of carbonyl (C=O) groups excluding carboxylic acids is 1. The third-order valence-corrected chi connectivity index (χ3v) is 6.07. The van der Waals surface area contributed by atoms with Crippen molar-refractivity contribution in [3.63, 3.8) is 0 Å². The van der Waals surface area contributed by atoms with E-state index in [2.05, 4.69) is 10.5 Å². The van der Waals surface area contributed by atoms with E-state index < -0.39 is 12.2 Å². The van der Waals surface area contributed by atoms with E-state index in [0.717, 1.165) is 10.9 Å². The molecule has 1 aliphatic heterocycles. The maximum atomic E-state index is 13.1. The van der Waals surface area contributed by atoms with Crippen LogP contribution in [0.1, 0.15) is 31.1 Å². The highest BCUT2D eigenvalue weighted by atomic mass is 19.3. The van der Waals surface area contributed by atoms with Crippen molar-refractivity contribution in [3.8, 4) is 5.75 Å². The first-order valence-corrected chi connectivity index (χ1v) is 12.1. The number of carbonyl (C=O) groups is 1. The number of ether oxygens (including phenoxy) is 1. The molecule has 3 aromatic rings. The Morgan fingerprint density at radius 2 is 1.84 bits per heavy atom. The summed E-state index contributed by atoms with van der Waals surface area (Å²) in [6.07, 6.45) is 6.31. The molecule has 2 heterocycles. The van der Waals surface area contributed by atoms with Crippen molar-refractivity contribution in [2.45, 2.75) is 33.0 Å². The summed E-state index contributed by atoms with van der Waals surface area (Å²) in [6.45, 7) is 2.00. The van der Waals surface area contributed by atoms with Crippen molar-refractivity contribution in [2.24, 2.45) is 0 Å². The third-order valence-electron chi connectivity index (χ3n) is 6.07. The van der Waals surface area contributed by atoms with E-state index in [4.69, 9.17) is 9.57 Å². The number of aromatic nitrogens is 1. The number of likely N-dealkylation sites (tertiary alicyclic amines) is 1. The number of hydrogen-bond donors (Lipinski definition) is 2. The summed E-state index contributed by atoms with van der Waals surface area (Å²) >= 11 is 0. The number of aliphatic hydroxyl groups is 1. The molecule has 0 saturated carbocycles. The van der Waals surface area contributed by atoms with Crippen molar-refractivity contribution in [2.75, 3.05) is 18.6 Å². The van der Waals surface area contributed by atoms with Crippen LogP contribution in [0, 0.1) is 0 Å². The van der Waals surface area contributed by atoms with Gasteiger partial charge in [-0.15, -0.1) is 0 Å². The summed E-state index contributed by atoms with van der Waals surface area (Å²) in [7, 11) is 0. The number of nitrogens with zero attached hydrogens (tertiary/aromatic N) is 2. The van der Waals surface area contributed by atoms with Crippen molar-refractivity contribution in [1.29, 1.82) is 0 Å². The number of nitrogens with one attached hydrogen (secondary N) is 1. The highest BCUT2D eigenvalue weighted by Crippen LogP contribution is 2.37. The summed E-state index contributed by atoms with van der Waals surface area (Å²) < 4.78 is 30.8. The Labute approximate surface area is 219 Å². The van der Waals surface area contributed by atoms with Gasteiger partial charge in [0.15, 0.2) is 5.75 Å². The van der Waals surface area contributed by atoms with Crippen LogP contribution in [-0.2, 0) is 4.74 Å². The number of hydrogen-bond acceptors (Lipinski definition) is 6. The van der Waals surface area contributed by atoms with Crippen LogP contribution in [0.3, 0.4) is 0 Å². The zero-order chi connectivity index (χ0) is 27.3. The molecule has 2 N–H and O–H groups in total. The largest absolute Gasteiger partial charge is 0.434 e. The van der Waals surface area contributed by atoms with Gasteiger partial charge in [-0.05, 0) is 63.2 Å². The standard InChI is InChI=1S/C29H29F2N3O4/c1-4-5-10-23(37-28(30)31)25(19(2)3)29(36)17-34(18-29)27(35)21-12-14-22(15-13-21)33-38-24-11-6-8-20-9-7-16-32-26(20)24/h4-16,28,33,36H,17-18H2,1-3H3/b5-4-,23-10+. The van der Waals surface area contributed by atoms with Crippen LogP contribution >= 0.6 is 0 Å². The summed E-state index contributed by atoms with van der Waals surface area (Å²) in [5, 5.41) is 12.2. The van der Waals surface area contributed by atoms with E-state index in [-0.39, 0.29) is 30.3 Å². The molecular formula is C29H29F2N3O4. The molecule has 198 valence electrons. The van der Waals surface area contributed by atoms with Gasteiger partial charge < -0.3 is 19.6 Å². The number of benzene rings is 2. The van der Waals surface area contributed by atoms with Crippen LogP contribution in [0.4, 0.5) is 14.5 Å². The van der Waals surface area contributed by atoms with E-state index in [1.54, 1.807) is 69.5 Å². The molecule has 7 nitrogen and oxygen atoms in total. The van der Waals surface area contributed by atoms with Crippen LogP contribution in [0.5, 0.6) is 5.75 Å². The summed E-state index contributed by atoms with van der Waals surface area (Å²) in [5.41, 5.74) is 3.99. The van der Waals surface area contributed by atoms with Crippen LogP contribution in [0.25, 0.3) is 10.9 Å². The molecule has 1 aliphatic rings. The minimum absolute atomic E-state index is 0.0523. The maximum Gasteiger partial charge on any atom is 0.387 e. The van der Waals surface area contributed by atoms with Gasteiger partial charge in [-0.2, -0.15) is 8.78 Å². The highest BCUT2D eigenvalue weighted by molar-refractivity contribution is 5.95. The predicted octanol–water partition coefficient (Wildman–Crippen LogP) is 5.86. The van der Waals surface area contributed by atoms with Gasteiger partial charge in [0.2, 0.25) is 0 Å². The normalized spacial score (nSPS) is 14.9. The molecule has 1 saturated heterocycles. The Hall–Kier alpha value is -4.24. The Bertz CT molecular complexity index is 1390. The van der Waals surface area contributed by atoms with Crippen molar-refractivity contribution in [1.82, 2.24) is 9.88 Å². The summed E-state index contributed by atoms with van der Waals surface area (Å²) in [6, 6.07) is 16.1. The van der Waals surface area contributed by atoms with Gasteiger partial charge in [-0.1, -0.05) is 35.9 Å². The molecule has 0 unspecified atom stereocenters. The molecule has 1 amide bonds. The minimum atomic E-state index is -3.05. The first-order valence-electron chi connectivity index (χ1n) is 12.1. The van der Waals surface area contributed by atoms with Crippen molar-refractivity contribution >= 4 is 22.5 Å². The molecular weight excluding hydrogens is 492 g/mol. The minimum Gasteiger partial charge on any atom is -0.434 e. The van der Waals surface area contributed by atoms with Gasteiger partial charge in [0.05, 0.1) is 18.8 Å². The fourth-order valence-corrected chi connectivity index (χ4v) is 4.43. The highest BCUT2D eigenvalue weighted by Gasteiger charge is 2.48. The van der Waals surface area contributed by atoms with Gasteiger partial charge in [-0.25, -0.2) is 5.48 Å². The lowest BCUT2D eigenvalue weighted by Gasteiger charge is -2.48. The zero-order valence-electron chi connectivity index (χ0n) is 21.3. The molecule has 0 radical (unpaired) electrons. The van der Waals surface area contributed by atoms with Gasteiger partial charge in [0.1, 0.15) is 16.9 Å². The van der Waals surface area contributed by atoms with E-state index in [1.807, 2.05) is 24.3 Å². The fourth-order valence-electron chi connectivity index (χ4n) is 4.43. The van der Waals surface area contributed by atoms with Crippen LogP contribution < -0.4 is 10.3 Å². The molecule has 0 aliphatic carbocycles. The van der Waals surface area contributed by atoms with E-state index in [1.165, 1.54) is 11.0 Å². The molecule has 1 fully saturated rings. The van der Waals surface area contributed by atoms with Crippen molar-refractivity contribution < 1.29 is 28.3 Å². The molecule has 0 spiro atoms. The molecule has 2 aromatic carbocycles. The van der Waals surface area contributed by atoms with Crippen molar-refractivity contribution in [3.05, 3.63) is 101 Å². The number of allylic oxidation sites excluding steroid dienone is 4. The second-order valence-electron chi connectivity index (χ2n) is 9.12. The Balaban J connectivity index is 1.41. The quantitative estimate of drug-likeness (QED) is 0.208. The molecule has 4 rings (SSSR count). The average molecular weight is 522 g/mol. The van der Waals surface area contributed by atoms with E-state index in [0.29, 0.717) is 22.6 Å². The monoisotopic (exact) mass is 521 g/mol. The van der Waals surface area contributed by atoms with Gasteiger partial charge >= 0.3 is 6.61 Å². The fraction of sp³-hybridized carbons (Fsp3) is 0.241. The first-order chi connectivity index (χ1) is 18.2. The Morgan fingerprint density at radius 3 is 2.50 bits per heavy atom. The molecule has 9 heteroatoms. The lowest BCUT2D eigenvalue weighted by Crippen LogP contribution is -2.64. The molecule has 1 aromatic heterocycles. The maximum absolute atomic E-state index is 13.1. The predicted molar refractivity (Wildman–Crippen MR) is 142 cm³/mol. The third kappa shape index (κ3) is 5.84. The average Bonchev–Trinajstić information content (AvgIpc) is 2.88. The zero-order valence-corrected chi connectivity index (χ0v) is 21.3. The molecule has 0 atom stereocenters. The number of anilines is 1. The Kier molecular flexibility index (Phi) is 8.07.